The Hall–Kier alpha value is -0.830. The molecule has 10 heavy (non-hydrogen) atoms. The second-order valence-electron chi connectivity index (χ2n) is 1.30. The highest BCUT2D eigenvalue weighted by molar-refractivity contribution is 5.68. The van der Waals surface area contributed by atoms with Gasteiger partial charge in [-0.3, -0.25) is 4.79 Å². The van der Waals surface area contributed by atoms with Crippen LogP contribution in [0.3, 0.4) is 0 Å². The van der Waals surface area contributed by atoms with Crippen LogP contribution in [0.2, 0.25) is 0 Å². The van der Waals surface area contributed by atoms with Gasteiger partial charge in [0.15, 0.2) is 0 Å². The van der Waals surface area contributed by atoms with Crippen LogP contribution in [0.4, 0.5) is 0 Å². The lowest BCUT2D eigenvalue weighted by Crippen LogP contribution is -2.10. The van der Waals surface area contributed by atoms with Gasteiger partial charge in [0.1, 0.15) is 0 Å². The Morgan fingerprint density at radius 2 is 1.60 bits per heavy atom. The van der Waals surface area contributed by atoms with Crippen molar-refractivity contribution in [2.45, 2.75) is 20.3 Å². The van der Waals surface area contributed by atoms with E-state index in [2.05, 4.69) is 32.7 Å². The quantitative estimate of drug-likeness (QED) is 0.548. The highest BCUT2D eigenvalue weighted by Gasteiger charge is 1.81. The molecule has 0 aliphatic rings. The second-order valence-corrected chi connectivity index (χ2v) is 1.30. The zero-order valence-corrected chi connectivity index (χ0v) is 6.76. The predicted molar refractivity (Wildman–Crippen MR) is 43.9 cm³/mol. The first-order chi connectivity index (χ1) is 4.68. The van der Waals surface area contributed by atoms with E-state index < -0.39 is 5.97 Å². The van der Waals surface area contributed by atoms with Gasteiger partial charge in [-0.05, 0) is 0 Å². The third-order valence-electron chi connectivity index (χ3n) is 0.175. The summed E-state index contributed by atoms with van der Waals surface area (Å²) in [7, 11) is 0. The van der Waals surface area contributed by atoms with Gasteiger partial charge in [0.2, 0.25) is 0 Å². The summed E-state index contributed by atoms with van der Waals surface area (Å²) in [6.45, 7) is 9.97. The molecule has 0 fully saturated rings. The van der Waals surface area contributed by atoms with Crippen LogP contribution in [0.15, 0.2) is 13.2 Å². The summed E-state index contributed by atoms with van der Waals surface area (Å²) in [6, 6.07) is 0. The van der Waals surface area contributed by atoms with E-state index in [1.165, 1.54) is 6.42 Å². The Kier molecular flexibility index (Phi) is 38.8. The maximum Gasteiger partial charge on any atom is 0.317 e. The molecule has 3 heteroatoms. The summed E-state index contributed by atoms with van der Waals surface area (Å²) in [5, 5.41) is 7.60. The molecule has 0 aliphatic carbocycles. The normalized spacial score (nSPS) is 5.90. The number of aliphatic carboxylic acids is 1. The molecule has 0 bridgehead atoms. The molecule has 0 atom stereocenters. The largest absolute Gasteiger partial charge is 0.480 e. The lowest BCUT2D eigenvalue weighted by molar-refractivity contribution is -0.135. The first-order valence-electron chi connectivity index (χ1n) is 3.10. The summed E-state index contributed by atoms with van der Waals surface area (Å²) in [4.78, 5) is 9.24. The number of carboxylic acid groups (broad SMARTS) is 1. The number of hydrogen-bond donors (Lipinski definition) is 2. The number of rotatable bonds is 1. The number of carboxylic acids is 1. The Balaban J connectivity index is -0.0000000847. The van der Waals surface area contributed by atoms with Gasteiger partial charge in [0.25, 0.3) is 0 Å². The van der Waals surface area contributed by atoms with Crippen molar-refractivity contribution < 1.29 is 9.90 Å². The van der Waals surface area contributed by atoms with Crippen molar-refractivity contribution >= 4 is 5.97 Å². The first-order valence-corrected chi connectivity index (χ1v) is 3.10. The minimum Gasteiger partial charge on any atom is -0.480 e. The van der Waals surface area contributed by atoms with E-state index in [0.29, 0.717) is 0 Å². The highest BCUT2D eigenvalue weighted by atomic mass is 16.4. The van der Waals surface area contributed by atoms with Crippen LogP contribution in [-0.4, -0.2) is 17.6 Å². The average Bonchev–Trinajstić information content (AvgIpc) is 1.94. The van der Waals surface area contributed by atoms with Crippen LogP contribution < -0.4 is 5.73 Å². The molecule has 0 saturated carbocycles. The fourth-order valence-electron chi connectivity index (χ4n) is 0. The van der Waals surface area contributed by atoms with Gasteiger partial charge >= 0.3 is 5.97 Å². The molecule has 0 rings (SSSR count). The smallest absolute Gasteiger partial charge is 0.317 e. The number of nitrogens with two attached hydrogens (primary N) is 1. The molecule has 0 saturated heterocycles. The van der Waals surface area contributed by atoms with Crippen molar-refractivity contribution in [2.24, 2.45) is 5.73 Å². The van der Waals surface area contributed by atoms with Gasteiger partial charge in [-0.15, -0.1) is 13.2 Å². The maximum absolute atomic E-state index is 9.24. The fraction of sp³-hybridized carbons (Fsp3) is 0.571. The van der Waals surface area contributed by atoms with E-state index in [0.717, 1.165) is 0 Å². The number of carbonyl (C=O) groups is 1. The molecule has 0 aromatic heterocycles. The number of hydrogen-bond acceptors (Lipinski definition) is 2. The van der Waals surface area contributed by atoms with Crippen molar-refractivity contribution in [3.63, 3.8) is 0 Å². The van der Waals surface area contributed by atoms with E-state index in [9.17, 15) is 4.79 Å². The molecule has 0 amide bonds. The molecule has 0 spiro atoms. The third-order valence-corrected chi connectivity index (χ3v) is 0.175. The van der Waals surface area contributed by atoms with Crippen LogP contribution in [0.1, 0.15) is 20.3 Å². The molecule has 0 aromatic carbocycles. The standard InChI is InChI=1S/C3H8.C2H5NO2.C2H4/c1-3-2;3-1-2(4)5;1-2/h3H2,1-2H3;1,3H2,(H,4,5);1-2H2. The lowest BCUT2D eigenvalue weighted by Gasteiger charge is -1.73. The van der Waals surface area contributed by atoms with Crippen LogP contribution in [-0.2, 0) is 4.79 Å². The van der Waals surface area contributed by atoms with Crippen molar-refractivity contribution in [2.75, 3.05) is 6.54 Å². The molecule has 3 N–H and O–H groups in total. The Bertz CT molecular complexity index is 64.6. The molecule has 0 aromatic rings. The van der Waals surface area contributed by atoms with E-state index in [1.54, 1.807) is 0 Å². The van der Waals surface area contributed by atoms with Gasteiger partial charge in [0, 0.05) is 0 Å². The molecule has 0 heterocycles. The Morgan fingerprint density at radius 3 is 1.60 bits per heavy atom. The highest BCUT2D eigenvalue weighted by Crippen LogP contribution is 1.56. The van der Waals surface area contributed by atoms with Crippen molar-refractivity contribution in [3.8, 4) is 0 Å². The van der Waals surface area contributed by atoms with Gasteiger partial charge < -0.3 is 10.8 Å². The Morgan fingerprint density at radius 1 is 1.50 bits per heavy atom. The molecule has 0 unspecified atom stereocenters. The van der Waals surface area contributed by atoms with E-state index in [-0.39, 0.29) is 6.54 Å². The second kappa shape index (κ2) is 24.2. The van der Waals surface area contributed by atoms with Crippen molar-refractivity contribution in [1.82, 2.24) is 0 Å². The Labute approximate surface area is 62.5 Å². The lowest BCUT2D eigenvalue weighted by atomic mass is 10.6. The minimum atomic E-state index is -0.968. The summed E-state index contributed by atoms with van der Waals surface area (Å²) >= 11 is 0. The molecule has 0 aliphatic heterocycles. The van der Waals surface area contributed by atoms with Crippen LogP contribution in [0.5, 0.6) is 0 Å². The maximum atomic E-state index is 9.24. The molecular formula is C7H17NO2. The van der Waals surface area contributed by atoms with E-state index in [4.69, 9.17) is 5.11 Å². The van der Waals surface area contributed by atoms with Crippen LogP contribution in [0.25, 0.3) is 0 Å². The van der Waals surface area contributed by atoms with E-state index in [1.807, 2.05) is 0 Å². The van der Waals surface area contributed by atoms with Gasteiger partial charge in [-0.2, -0.15) is 0 Å². The van der Waals surface area contributed by atoms with Gasteiger partial charge in [-0.25, -0.2) is 0 Å². The molecular weight excluding hydrogens is 130 g/mol. The summed E-state index contributed by atoms with van der Waals surface area (Å²) in [5.41, 5.74) is 4.57. The monoisotopic (exact) mass is 147 g/mol. The summed E-state index contributed by atoms with van der Waals surface area (Å²) in [5.74, 6) is -0.968. The zero-order valence-electron chi connectivity index (χ0n) is 6.76. The first kappa shape index (κ1) is 16.1. The van der Waals surface area contributed by atoms with Crippen LogP contribution >= 0.6 is 0 Å². The molecule has 3 nitrogen and oxygen atoms in total. The summed E-state index contributed by atoms with van der Waals surface area (Å²) in [6.07, 6.45) is 1.25. The van der Waals surface area contributed by atoms with Crippen molar-refractivity contribution in [3.05, 3.63) is 13.2 Å². The molecule has 62 valence electrons. The van der Waals surface area contributed by atoms with Crippen LogP contribution in [0, 0.1) is 0 Å². The minimum absolute atomic E-state index is 0.278. The SMILES string of the molecule is C=C.CCC.NCC(=O)O. The van der Waals surface area contributed by atoms with Gasteiger partial charge in [-0.1, -0.05) is 20.3 Å². The summed E-state index contributed by atoms with van der Waals surface area (Å²) < 4.78 is 0. The topological polar surface area (TPSA) is 63.3 Å². The van der Waals surface area contributed by atoms with E-state index >= 15 is 0 Å². The van der Waals surface area contributed by atoms with Gasteiger partial charge in [0.05, 0.1) is 6.54 Å². The average molecular weight is 147 g/mol. The zero-order chi connectivity index (χ0) is 8.99. The van der Waals surface area contributed by atoms with Crippen molar-refractivity contribution in [1.29, 1.82) is 0 Å². The predicted octanol–water partition coefficient (Wildman–Crippen LogP) is 1.25. The third kappa shape index (κ3) is 199. The molecule has 0 radical (unpaired) electrons. The fourth-order valence-corrected chi connectivity index (χ4v) is 0.